The standard InChI is InChI=1S/C26H24N4O5/c1-17-23(26(33)30(29(17)2)19-8-5-4-6-9-19)28-24(31)21(27-25(32)22-10-7-15-35-22)16-18-11-13-20(34-3)14-12-18/h4-16H,1-3H3,(H,27,32)(H,28,31)/b21-16-. The number of para-hydroxylation sites is 1. The normalized spacial score (nSPS) is 11.2. The van der Waals surface area contributed by atoms with Gasteiger partial charge in [0, 0.05) is 7.05 Å². The van der Waals surface area contributed by atoms with Crippen LogP contribution in [0.2, 0.25) is 0 Å². The van der Waals surface area contributed by atoms with E-state index in [1.807, 2.05) is 18.2 Å². The molecule has 0 fully saturated rings. The average Bonchev–Trinajstić information content (AvgIpc) is 3.48. The van der Waals surface area contributed by atoms with Gasteiger partial charge < -0.3 is 19.8 Å². The van der Waals surface area contributed by atoms with E-state index in [1.54, 1.807) is 68.2 Å². The summed E-state index contributed by atoms with van der Waals surface area (Å²) in [5.74, 6) is -0.571. The van der Waals surface area contributed by atoms with Crippen LogP contribution in [0, 0.1) is 6.92 Å². The van der Waals surface area contributed by atoms with Gasteiger partial charge in [-0.1, -0.05) is 30.3 Å². The molecule has 2 N–H and O–H groups in total. The maximum Gasteiger partial charge on any atom is 0.295 e. The van der Waals surface area contributed by atoms with Gasteiger partial charge >= 0.3 is 0 Å². The highest BCUT2D eigenvalue weighted by atomic mass is 16.5. The fraction of sp³-hybridized carbons (Fsp3) is 0.115. The Labute approximate surface area is 201 Å². The SMILES string of the molecule is COc1ccc(/C=C(\NC(=O)c2ccco2)C(=O)Nc2c(C)n(C)n(-c3ccccc3)c2=O)cc1. The smallest absolute Gasteiger partial charge is 0.295 e. The Morgan fingerprint density at radius 3 is 2.34 bits per heavy atom. The molecule has 4 rings (SSSR count). The average molecular weight is 473 g/mol. The van der Waals surface area contributed by atoms with E-state index in [0.717, 1.165) is 0 Å². The van der Waals surface area contributed by atoms with Crippen LogP contribution in [0.15, 0.2) is 87.9 Å². The van der Waals surface area contributed by atoms with Gasteiger partial charge in [0.2, 0.25) is 0 Å². The fourth-order valence-corrected chi connectivity index (χ4v) is 3.51. The zero-order chi connectivity index (χ0) is 24.9. The van der Waals surface area contributed by atoms with Gasteiger partial charge in [0.15, 0.2) is 5.76 Å². The lowest BCUT2D eigenvalue weighted by Crippen LogP contribution is -2.32. The molecule has 0 aliphatic heterocycles. The summed E-state index contributed by atoms with van der Waals surface area (Å²) in [6, 6.07) is 19.1. The van der Waals surface area contributed by atoms with Gasteiger partial charge in [0.25, 0.3) is 17.4 Å². The van der Waals surface area contributed by atoms with Crippen molar-refractivity contribution in [1.29, 1.82) is 0 Å². The number of aromatic nitrogens is 2. The Morgan fingerprint density at radius 1 is 1.00 bits per heavy atom. The van der Waals surface area contributed by atoms with Crippen molar-refractivity contribution in [2.45, 2.75) is 6.92 Å². The van der Waals surface area contributed by atoms with Crippen molar-refractivity contribution in [1.82, 2.24) is 14.7 Å². The molecular weight excluding hydrogens is 448 g/mol. The van der Waals surface area contributed by atoms with Crippen molar-refractivity contribution >= 4 is 23.6 Å². The summed E-state index contributed by atoms with van der Waals surface area (Å²) < 4.78 is 13.4. The summed E-state index contributed by atoms with van der Waals surface area (Å²) in [7, 11) is 3.28. The second-order valence-electron chi connectivity index (χ2n) is 7.65. The van der Waals surface area contributed by atoms with E-state index in [-0.39, 0.29) is 17.1 Å². The van der Waals surface area contributed by atoms with Crippen LogP contribution in [0.3, 0.4) is 0 Å². The maximum atomic E-state index is 13.3. The minimum Gasteiger partial charge on any atom is -0.497 e. The zero-order valence-corrected chi connectivity index (χ0v) is 19.4. The molecule has 2 aromatic carbocycles. The molecule has 35 heavy (non-hydrogen) atoms. The molecule has 0 atom stereocenters. The highest BCUT2D eigenvalue weighted by Crippen LogP contribution is 2.17. The van der Waals surface area contributed by atoms with Crippen LogP contribution in [0.25, 0.3) is 11.8 Å². The lowest BCUT2D eigenvalue weighted by atomic mass is 10.1. The van der Waals surface area contributed by atoms with Crippen LogP contribution in [0.5, 0.6) is 5.75 Å². The van der Waals surface area contributed by atoms with Crippen LogP contribution in [-0.2, 0) is 11.8 Å². The first kappa shape index (κ1) is 23.4. The van der Waals surface area contributed by atoms with Gasteiger partial charge in [-0.05, 0) is 55.0 Å². The van der Waals surface area contributed by atoms with Crippen LogP contribution in [0.1, 0.15) is 21.8 Å². The van der Waals surface area contributed by atoms with Crippen LogP contribution < -0.4 is 20.9 Å². The number of benzene rings is 2. The second-order valence-corrected chi connectivity index (χ2v) is 7.65. The van der Waals surface area contributed by atoms with E-state index in [0.29, 0.717) is 22.7 Å². The van der Waals surface area contributed by atoms with Gasteiger partial charge in [-0.25, -0.2) is 4.68 Å². The van der Waals surface area contributed by atoms with E-state index >= 15 is 0 Å². The molecule has 178 valence electrons. The minimum absolute atomic E-state index is 0.0424. The van der Waals surface area contributed by atoms with E-state index < -0.39 is 17.4 Å². The molecule has 0 unspecified atom stereocenters. The number of nitrogens with zero attached hydrogens (tertiary/aromatic N) is 2. The number of amides is 2. The Bertz CT molecular complexity index is 1430. The number of hydrogen-bond acceptors (Lipinski definition) is 5. The highest BCUT2D eigenvalue weighted by molar-refractivity contribution is 6.10. The molecule has 9 nitrogen and oxygen atoms in total. The van der Waals surface area contributed by atoms with E-state index in [2.05, 4.69) is 10.6 Å². The quantitative estimate of drug-likeness (QED) is 0.401. The van der Waals surface area contributed by atoms with Crippen LogP contribution in [-0.4, -0.2) is 28.3 Å². The predicted octanol–water partition coefficient (Wildman–Crippen LogP) is 3.50. The molecule has 4 aromatic rings. The summed E-state index contributed by atoms with van der Waals surface area (Å²) in [5, 5.41) is 5.25. The third kappa shape index (κ3) is 4.93. The Hall–Kier alpha value is -4.79. The first-order valence-corrected chi connectivity index (χ1v) is 10.7. The lowest BCUT2D eigenvalue weighted by molar-refractivity contribution is -0.113. The molecular formula is C26H24N4O5. The van der Waals surface area contributed by atoms with Crippen LogP contribution in [0.4, 0.5) is 5.69 Å². The van der Waals surface area contributed by atoms with Gasteiger partial charge in [-0.15, -0.1) is 0 Å². The molecule has 0 aliphatic carbocycles. The van der Waals surface area contributed by atoms with E-state index in [4.69, 9.17) is 9.15 Å². The number of ether oxygens (including phenoxy) is 1. The summed E-state index contributed by atoms with van der Waals surface area (Å²) in [6.45, 7) is 1.73. The van der Waals surface area contributed by atoms with Gasteiger partial charge in [0.1, 0.15) is 17.1 Å². The molecule has 2 aromatic heterocycles. The number of rotatable bonds is 7. The molecule has 0 saturated heterocycles. The number of furan rings is 1. The summed E-state index contributed by atoms with van der Waals surface area (Å²) >= 11 is 0. The second kappa shape index (κ2) is 10.0. The lowest BCUT2D eigenvalue weighted by Gasteiger charge is -2.10. The molecule has 2 heterocycles. The maximum absolute atomic E-state index is 13.3. The third-order valence-corrected chi connectivity index (χ3v) is 5.46. The fourth-order valence-electron chi connectivity index (χ4n) is 3.51. The number of nitrogens with one attached hydrogen (secondary N) is 2. The van der Waals surface area contributed by atoms with Crippen molar-refractivity contribution in [2.24, 2.45) is 7.05 Å². The number of anilines is 1. The van der Waals surface area contributed by atoms with Gasteiger partial charge in [-0.2, -0.15) is 0 Å². The van der Waals surface area contributed by atoms with E-state index in [9.17, 15) is 14.4 Å². The monoisotopic (exact) mass is 472 g/mol. The Kier molecular flexibility index (Phi) is 6.68. The molecule has 0 saturated carbocycles. The molecule has 9 heteroatoms. The largest absolute Gasteiger partial charge is 0.497 e. The number of hydrogen-bond donors (Lipinski definition) is 2. The summed E-state index contributed by atoms with van der Waals surface area (Å²) in [6.07, 6.45) is 2.87. The van der Waals surface area contributed by atoms with E-state index in [1.165, 1.54) is 23.1 Å². The molecule has 0 radical (unpaired) electrons. The molecule has 0 bridgehead atoms. The molecule has 2 amide bonds. The van der Waals surface area contributed by atoms with Crippen molar-refractivity contribution in [3.05, 3.63) is 106 Å². The Morgan fingerprint density at radius 2 is 1.71 bits per heavy atom. The van der Waals surface area contributed by atoms with Gasteiger partial charge in [0.05, 0.1) is 24.8 Å². The predicted molar refractivity (Wildman–Crippen MR) is 132 cm³/mol. The van der Waals surface area contributed by atoms with Crippen molar-refractivity contribution in [2.75, 3.05) is 12.4 Å². The van der Waals surface area contributed by atoms with Crippen LogP contribution >= 0.6 is 0 Å². The number of carbonyl (C=O) groups is 2. The van der Waals surface area contributed by atoms with Crippen molar-refractivity contribution < 1.29 is 18.7 Å². The topological polar surface area (TPSA) is 108 Å². The zero-order valence-electron chi connectivity index (χ0n) is 19.4. The van der Waals surface area contributed by atoms with Crippen molar-refractivity contribution in [3.8, 4) is 11.4 Å². The summed E-state index contributed by atoms with van der Waals surface area (Å²) in [5.41, 5.74) is 1.49. The van der Waals surface area contributed by atoms with Gasteiger partial charge in [-0.3, -0.25) is 19.1 Å². The first-order valence-electron chi connectivity index (χ1n) is 10.7. The first-order chi connectivity index (χ1) is 16.9. The number of carbonyl (C=O) groups excluding carboxylic acids is 2. The number of methoxy groups -OCH3 is 1. The molecule has 0 aliphatic rings. The Balaban J connectivity index is 1.69. The summed E-state index contributed by atoms with van der Waals surface area (Å²) in [4.78, 5) is 39.1. The molecule has 0 spiro atoms. The third-order valence-electron chi connectivity index (χ3n) is 5.46. The van der Waals surface area contributed by atoms with Crippen molar-refractivity contribution in [3.63, 3.8) is 0 Å². The highest BCUT2D eigenvalue weighted by Gasteiger charge is 2.22. The minimum atomic E-state index is -0.660.